The molecular formula is C15H32N2. The molecule has 1 fully saturated rings. The summed E-state index contributed by atoms with van der Waals surface area (Å²) < 4.78 is 0. The summed E-state index contributed by atoms with van der Waals surface area (Å²) in [7, 11) is 0. The first-order valence-corrected chi connectivity index (χ1v) is 7.30. The molecule has 2 heteroatoms. The maximum absolute atomic E-state index is 5.77. The minimum absolute atomic E-state index is 0.234. The van der Waals surface area contributed by atoms with E-state index in [0.717, 1.165) is 19.0 Å². The van der Waals surface area contributed by atoms with Gasteiger partial charge in [-0.05, 0) is 42.6 Å². The molecule has 0 spiro atoms. The van der Waals surface area contributed by atoms with Crippen molar-refractivity contribution in [3.05, 3.63) is 0 Å². The van der Waals surface area contributed by atoms with Crippen LogP contribution in [-0.2, 0) is 0 Å². The number of nitrogens with one attached hydrogen (secondary N) is 1. The molecular weight excluding hydrogens is 208 g/mol. The van der Waals surface area contributed by atoms with Gasteiger partial charge in [-0.1, -0.05) is 40.5 Å². The lowest BCUT2D eigenvalue weighted by Crippen LogP contribution is -2.41. The maximum atomic E-state index is 5.77. The zero-order chi connectivity index (χ0) is 12.9. The zero-order valence-corrected chi connectivity index (χ0v) is 12.3. The first-order valence-electron chi connectivity index (χ1n) is 7.30. The smallest absolute Gasteiger partial charge is 0.00148 e. The number of hydrogen-bond donors (Lipinski definition) is 2. The third-order valence-electron chi connectivity index (χ3n) is 4.16. The quantitative estimate of drug-likeness (QED) is 0.717. The predicted octanol–water partition coefficient (Wildman–Crippen LogP) is 3.17. The minimum Gasteiger partial charge on any atom is -0.330 e. The predicted molar refractivity (Wildman–Crippen MR) is 76.1 cm³/mol. The second-order valence-corrected chi connectivity index (χ2v) is 7.28. The molecule has 0 aromatic rings. The minimum atomic E-state index is 0.234. The molecule has 1 rings (SSSR count). The highest BCUT2D eigenvalue weighted by Gasteiger charge is 2.34. The highest BCUT2D eigenvalue weighted by Crippen LogP contribution is 2.42. The third kappa shape index (κ3) is 4.97. The van der Waals surface area contributed by atoms with Gasteiger partial charge in [-0.3, -0.25) is 0 Å². The van der Waals surface area contributed by atoms with Crippen LogP contribution in [0.2, 0.25) is 0 Å². The molecule has 0 saturated heterocycles. The molecule has 102 valence electrons. The Morgan fingerprint density at radius 1 is 1.24 bits per heavy atom. The molecule has 0 radical (unpaired) electrons. The Labute approximate surface area is 108 Å². The van der Waals surface area contributed by atoms with E-state index in [1.165, 1.54) is 38.6 Å². The van der Waals surface area contributed by atoms with Crippen molar-refractivity contribution >= 4 is 0 Å². The molecule has 0 aromatic heterocycles. The molecule has 17 heavy (non-hydrogen) atoms. The molecule has 0 atom stereocenters. The van der Waals surface area contributed by atoms with Gasteiger partial charge in [0, 0.05) is 13.1 Å². The number of hydrogen-bond acceptors (Lipinski definition) is 2. The first-order chi connectivity index (χ1) is 7.89. The Bertz CT molecular complexity index is 215. The van der Waals surface area contributed by atoms with Crippen LogP contribution < -0.4 is 11.1 Å². The standard InChI is InChI=1S/C15H32N2/c1-13(2)9-15(7-5-6-8-15)12-17-11-14(3,4)10-16/h13,17H,5-12,16H2,1-4H3. The van der Waals surface area contributed by atoms with Gasteiger partial charge >= 0.3 is 0 Å². The molecule has 2 nitrogen and oxygen atoms in total. The Morgan fingerprint density at radius 3 is 2.29 bits per heavy atom. The van der Waals surface area contributed by atoms with E-state index >= 15 is 0 Å². The Hall–Kier alpha value is -0.0800. The summed E-state index contributed by atoms with van der Waals surface area (Å²) in [5.41, 5.74) is 6.59. The van der Waals surface area contributed by atoms with Crippen molar-refractivity contribution in [3.8, 4) is 0 Å². The topological polar surface area (TPSA) is 38.0 Å². The lowest BCUT2D eigenvalue weighted by Gasteiger charge is -2.33. The molecule has 0 aliphatic heterocycles. The van der Waals surface area contributed by atoms with E-state index in [4.69, 9.17) is 5.73 Å². The SMILES string of the molecule is CC(C)CC1(CNCC(C)(C)CN)CCCC1. The average molecular weight is 240 g/mol. The highest BCUT2D eigenvalue weighted by atomic mass is 14.9. The molecule has 0 heterocycles. The number of rotatable bonds is 7. The van der Waals surface area contributed by atoms with Gasteiger partial charge in [0.05, 0.1) is 0 Å². The van der Waals surface area contributed by atoms with Crippen molar-refractivity contribution < 1.29 is 0 Å². The van der Waals surface area contributed by atoms with Crippen molar-refractivity contribution in [2.45, 2.75) is 59.8 Å². The largest absolute Gasteiger partial charge is 0.330 e. The van der Waals surface area contributed by atoms with Crippen molar-refractivity contribution in [3.63, 3.8) is 0 Å². The summed E-state index contributed by atoms with van der Waals surface area (Å²) in [4.78, 5) is 0. The fraction of sp³-hybridized carbons (Fsp3) is 1.00. The summed E-state index contributed by atoms with van der Waals surface area (Å²) in [6.07, 6.45) is 7.06. The fourth-order valence-corrected chi connectivity index (χ4v) is 3.18. The van der Waals surface area contributed by atoms with Crippen molar-refractivity contribution in [1.82, 2.24) is 5.32 Å². The summed E-state index contributed by atoms with van der Waals surface area (Å²) in [5.74, 6) is 0.817. The van der Waals surface area contributed by atoms with E-state index in [1.54, 1.807) is 0 Å². The van der Waals surface area contributed by atoms with Gasteiger partial charge in [0.1, 0.15) is 0 Å². The Morgan fingerprint density at radius 2 is 1.82 bits per heavy atom. The van der Waals surface area contributed by atoms with Crippen molar-refractivity contribution in [1.29, 1.82) is 0 Å². The van der Waals surface area contributed by atoms with Crippen LogP contribution in [0.1, 0.15) is 59.8 Å². The second-order valence-electron chi connectivity index (χ2n) is 7.28. The van der Waals surface area contributed by atoms with Crippen LogP contribution in [0.5, 0.6) is 0 Å². The van der Waals surface area contributed by atoms with E-state index in [2.05, 4.69) is 33.0 Å². The average Bonchev–Trinajstić information content (AvgIpc) is 2.65. The van der Waals surface area contributed by atoms with Crippen LogP contribution >= 0.6 is 0 Å². The van der Waals surface area contributed by atoms with Gasteiger partial charge in [-0.25, -0.2) is 0 Å². The van der Waals surface area contributed by atoms with Gasteiger partial charge in [-0.15, -0.1) is 0 Å². The van der Waals surface area contributed by atoms with Gasteiger partial charge < -0.3 is 11.1 Å². The van der Waals surface area contributed by atoms with E-state index in [-0.39, 0.29) is 5.41 Å². The summed E-state index contributed by atoms with van der Waals surface area (Å²) in [5, 5.41) is 3.68. The van der Waals surface area contributed by atoms with E-state index in [9.17, 15) is 0 Å². The Kier molecular flexibility index (Phi) is 5.46. The molecule has 1 aliphatic rings. The Balaban J connectivity index is 2.40. The van der Waals surface area contributed by atoms with Gasteiger partial charge in [0.15, 0.2) is 0 Å². The molecule has 0 bridgehead atoms. The molecule has 1 aliphatic carbocycles. The lowest BCUT2D eigenvalue weighted by molar-refractivity contribution is 0.211. The summed E-state index contributed by atoms with van der Waals surface area (Å²) in [6, 6.07) is 0. The molecule has 3 N–H and O–H groups in total. The zero-order valence-electron chi connectivity index (χ0n) is 12.3. The van der Waals surface area contributed by atoms with Gasteiger partial charge in [0.2, 0.25) is 0 Å². The summed E-state index contributed by atoms with van der Waals surface area (Å²) in [6.45, 7) is 12.2. The molecule has 1 saturated carbocycles. The molecule has 0 aromatic carbocycles. The third-order valence-corrected chi connectivity index (χ3v) is 4.16. The van der Waals surface area contributed by atoms with E-state index < -0.39 is 0 Å². The van der Waals surface area contributed by atoms with Gasteiger partial charge in [0.25, 0.3) is 0 Å². The van der Waals surface area contributed by atoms with Crippen LogP contribution in [0.4, 0.5) is 0 Å². The van der Waals surface area contributed by atoms with Crippen LogP contribution in [0.15, 0.2) is 0 Å². The number of nitrogens with two attached hydrogens (primary N) is 1. The maximum Gasteiger partial charge on any atom is 0.00148 e. The van der Waals surface area contributed by atoms with E-state index in [0.29, 0.717) is 5.41 Å². The van der Waals surface area contributed by atoms with E-state index in [1.807, 2.05) is 0 Å². The highest BCUT2D eigenvalue weighted by molar-refractivity contribution is 4.88. The van der Waals surface area contributed by atoms with Crippen molar-refractivity contribution in [2.75, 3.05) is 19.6 Å². The van der Waals surface area contributed by atoms with Crippen LogP contribution in [-0.4, -0.2) is 19.6 Å². The van der Waals surface area contributed by atoms with Crippen LogP contribution in [0.3, 0.4) is 0 Å². The van der Waals surface area contributed by atoms with Gasteiger partial charge in [-0.2, -0.15) is 0 Å². The normalized spacial score (nSPS) is 20.1. The fourth-order valence-electron chi connectivity index (χ4n) is 3.18. The van der Waals surface area contributed by atoms with Crippen molar-refractivity contribution in [2.24, 2.45) is 22.5 Å². The molecule has 0 unspecified atom stereocenters. The first kappa shape index (κ1) is 15.0. The second kappa shape index (κ2) is 6.19. The van der Waals surface area contributed by atoms with Crippen LogP contribution in [0, 0.1) is 16.7 Å². The lowest BCUT2D eigenvalue weighted by atomic mass is 9.78. The molecule has 0 amide bonds. The summed E-state index contributed by atoms with van der Waals surface area (Å²) >= 11 is 0. The monoisotopic (exact) mass is 240 g/mol. The van der Waals surface area contributed by atoms with Crippen LogP contribution in [0.25, 0.3) is 0 Å².